The monoisotopic (exact) mass is 238 g/mol. The number of piperidine rings is 1. The molecule has 2 rings (SSSR count). The van der Waals surface area contributed by atoms with Gasteiger partial charge in [-0.25, -0.2) is 0 Å². The lowest BCUT2D eigenvalue weighted by molar-refractivity contribution is -0.126. The zero-order valence-electron chi connectivity index (χ0n) is 11.4. The van der Waals surface area contributed by atoms with Crippen LogP contribution in [0.1, 0.15) is 52.9 Å². The van der Waals surface area contributed by atoms with E-state index in [1.54, 1.807) is 0 Å². The normalized spacial score (nSPS) is 33.9. The molecule has 2 N–H and O–H groups in total. The van der Waals surface area contributed by atoms with Crippen LogP contribution in [0.4, 0.5) is 0 Å². The average molecular weight is 238 g/mol. The van der Waals surface area contributed by atoms with Crippen LogP contribution in [0.25, 0.3) is 0 Å². The molecule has 3 atom stereocenters. The van der Waals surface area contributed by atoms with Gasteiger partial charge in [0.2, 0.25) is 5.91 Å². The van der Waals surface area contributed by atoms with Gasteiger partial charge in [-0.3, -0.25) is 4.79 Å². The van der Waals surface area contributed by atoms with Crippen molar-refractivity contribution < 1.29 is 4.79 Å². The molecule has 0 aromatic rings. The highest BCUT2D eigenvalue weighted by atomic mass is 16.2. The Hall–Kier alpha value is -0.570. The molecule has 17 heavy (non-hydrogen) atoms. The second kappa shape index (κ2) is 4.97. The smallest absolute Gasteiger partial charge is 0.237 e. The molecule has 0 bridgehead atoms. The van der Waals surface area contributed by atoms with Crippen LogP contribution in [0, 0.1) is 11.8 Å². The lowest BCUT2D eigenvalue weighted by Gasteiger charge is -2.40. The fourth-order valence-electron chi connectivity index (χ4n) is 3.20. The van der Waals surface area contributed by atoms with Crippen molar-refractivity contribution in [3.05, 3.63) is 0 Å². The van der Waals surface area contributed by atoms with E-state index < -0.39 is 0 Å². The van der Waals surface area contributed by atoms with Crippen LogP contribution in [0.3, 0.4) is 0 Å². The van der Waals surface area contributed by atoms with E-state index in [2.05, 4.69) is 10.6 Å². The van der Waals surface area contributed by atoms with E-state index >= 15 is 0 Å². The molecule has 1 heterocycles. The molecular formula is C14H26N2O. The lowest BCUT2D eigenvalue weighted by Crippen LogP contribution is -2.55. The van der Waals surface area contributed by atoms with Gasteiger partial charge in [0.15, 0.2) is 0 Å². The van der Waals surface area contributed by atoms with Crippen LogP contribution >= 0.6 is 0 Å². The van der Waals surface area contributed by atoms with Crippen LogP contribution in [0.2, 0.25) is 0 Å². The van der Waals surface area contributed by atoms with Gasteiger partial charge in [-0.05, 0) is 52.0 Å². The Balaban J connectivity index is 1.89. The van der Waals surface area contributed by atoms with Gasteiger partial charge in [-0.2, -0.15) is 0 Å². The summed E-state index contributed by atoms with van der Waals surface area (Å²) in [6.07, 6.45) is 6.44. The minimum atomic E-state index is -0.123. The molecule has 1 aliphatic carbocycles. The molecule has 0 spiro atoms. The molecule has 0 radical (unpaired) electrons. The summed E-state index contributed by atoms with van der Waals surface area (Å²) in [6.45, 7) is 7.15. The molecule has 2 fully saturated rings. The molecule has 3 heteroatoms. The van der Waals surface area contributed by atoms with Crippen LogP contribution in [-0.2, 0) is 4.79 Å². The van der Waals surface area contributed by atoms with Gasteiger partial charge in [-0.15, -0.1) is 0 Å². The number of carbonyl (C=O) groups excluding carboxylic acids is 1. The topological polar surface area (TPSA) is 41.1 Å². The van der Waals surface area contributed by atoms with Crippen LogP contribution < -0.4 is 10.6 Å². The number of fused-ring (bicyclic) bond motifs is 1. The Morgan fingerprint density at radius 2 is 1.82 bits per heavy atom. The van der Waals surface area contributed by atoms with E-state index in [0.717, 1.165) is 24.8 Å². The fraction of sp³-hybridized carbons (Fsp3) is 0.929. The van der Waals surface area contributed by atoms with Gasteiger partial charge in [0.25, 0.3) is 0 Å². The molecule has 1 aliphatic heterocycles. The van der Waals surface area contributed by atoms with Crippen molar-refractivity contribution in [3.63, 3.8) is 0 Å². The third-order valence-electron chi connectivity index (χ3n) is 4.05. The van der Waals surface area contributed by atoms with E-state index in [1.807, 2.05) is 20.8 Å². The van der Waals surface area contributed by atoms with Crippen molar-refractivity contribution in [1.82, 2.24) is 10.6 Å². The maximum Gasteiger partial charge on any atom is 0.237 e. The van der Waals surface area contributed by atoms with Gasteiger partial charge in [0.1, 0.15) is 0 Å². The summed E-state index contributed by atoms with van der Waals surface area (Å²) in [7, 11) is 0. The Bertz CT molecular complexity index is 282. The lowest BCUT2D eigenvalue weighted by atomic mass is 9.73. The zero-order valence-corrected chi connectivity index (χ0v) is 11.4. The predicted molar refractivity (Wildman–Crippen MR) is 69.8 cm³/mol. The number of amides is 1. The highest BCUT2D eigenvalue weighted by Gasteiger charge is 2.35. The zero-order chi connectivity index (χ0) is 12.5. The number of nitrogens with one attached hydrogen (secondary N) is 2. The number of hydrogen-bond acceptors (Lipinski definition) is 2. The van der Waals surface area contributed by atoms with Crippen LogP contribution in [0.5, 0.6) is 0 Å². The molecule has 0 unspecified atom stereocenters. The quantitative estimate of drug-likeness (QED) is 0.734. The summed E-state index contributed by atoms with van der Waals surface area (Å²) in [5.41, 5.74) is -0.123. The molecule has 3 nitrogen and oxygen atoms in total. The maximum absolute atomic E-state index is 12.1. The highest BCUT2D eigenvalue weighted by molar-refractivity contribution is 5.82. The second-order valence-corrected chi connectivity index (χ2v) is 6.74. The van der Waals surface area contributed by atoms with Crippen molar-refractivity contribution in [1.29, 1.82) is 0 Å². The molecule has 2 aliphatic rings. The first-order valence-electron chi connectivity index (χ1n) is 7.01. The molecule has 0 aromatic heterocycles. The molecular weight excluding hydrogens is 212 g/mol. The van der Waals surface area contributed by atoms with Gasteiger partial charge in [0, 0.05) is 5.54 Å². The van der Waals surface area contributed by atoms with E-state index in [1.165, 1.54) is 25.7 Å². The second-order valence-electron chi connectivity index (χ2n) is 6.74. The third kappa shape index (κ3) is 3.44. The van der Waals surface area contributed by atoms with Crippen molar-refractivity contribution in [2.45, 2.75) is 64.5 Å². The SMILES string of the molecule is CC(C)(C)NC(=O)[C@@H]1C[C@@H]2CCCC[C@H]2CN1. The largest absolute Gasteiger partial charge is 0.350 e. The van der Waals surface area contributed by atoms with Gasteiger partial charge in [0.05, 0.1) is 6.04 Å². The molecule has 98 valence electrons. The molecule has 1 saturated heterocycles. The van der Waals surface area contributed by atoms with Gasteiger partial charge >= 0.3 is 0 Å². The van der Waals surface area contributed by atoms with Crippen LogP contribution in [0.15, 0.2) is 0 Å². The van der Waals surface area contributed by atoms with Gasteiger partial charge in [-0.1, -0.05) is 19.3 Å². The first kappa shape index (κ1) is 12.9. The summed E-state index contributed by atoms with van der Waals surface area (Å²) >= 11 is 0. The molecule has 1 amide bonds. The minimum Gasteiger partial charge on any atom is -0.350 e. The minimum absolute atomic E-state index is 0.0357. The van der Waals surface area contributed by atoms with E-state index in [4.69, 9.17) is 0 Å². The number of rotatable bonds is 1. The summed E-state index contributed by atoms with van der Waals surface area (Å²) in [5, 5.41) is 6.51. The Morgan fingerprint density at radius 1 is 1.18 bits per heavy atom. The first-order chi connectivity index (χ1) is 7.96. The van der Waals surface area contributed by atoms with Crippen molar-refractivity contribution >= 4 is 5.91 Å². The van der Waals surface area contributed by atoms with E-state index in [9.17, 15) is 4.79 Å². The number of hydrogen-bond donors (Lipinski definition) is 2. The van der Waals surface area contributed by atoms with Crippen molar-refractivity contribution in [2.24, 2.45) is 11.8 Å². The highest BCUT2D eigenvalue weighted by Crippen LogP contribution is 2.35. The van der Waals surface area contributed by atoms with Crippen molar-refractivity contribution in [3.8, 4) is 0 Å². The van der Waals surface area contributed by atoms with Gasteiger partial charge < -0.3 is 10.6 Å². The Morgan fingerprint density at radius 3 is 2.47 bits per heavy atom. The fourth-order valence-corrected chi connectivity index (χ4v) is 3.20. The average Bonchev–Trinajstić information content (AvgIpc) is 2.26. The Labute approximate surface area is 105 Å². The summed E-state index contributed by atoms with van der Waals surface area (Å²) in [5.74, 6) is 1.78. The van der Waals surface area contributed by atoms with Crippen LogP contribution in [-0.4, -0.2) is 24.0 Å². The summed E-state index contributed by atoms with van der Waals surface area (Å²) in [4.78, 5) is 12.1. The first-order valence-corrected chi connectivity index (χ1v) is 7.01. The van der Waals surface area contributed by atoms with Crippen molar-refractivity contribution in [2.75, 3.05) is 6.54 Å². The third-order valence-corrected chi connectivity index (χ3v) is 4.05. The Kier molecular flexibility index (Phi) is 3.76. The van der Waals surface area contributed by atoms with E-state index in [0.29, 0.717) is 0 Å². The van der Waals surface area contributed by atoms with E-state index in [-0.39, 0.29) is 17.5 Å². The molecule has 1 saturated carbocycles. The standard InChI is InChI=1S/C14H26N2O/c1-14(2,3)16-13(17)12-8-10-6-4-5-7-11(10)9-15-12/h10-12,15H,4-9H2,1-3H3,(H,16,17)/t10-,11-,12-/m0/s1. The summed E-state index contributed by atoms with van der Waals surface area (Å²) < 4.78 is 0. The summed E-state index contributed by atoms with van der Waals surface area (Å²) in [6, 6.07) is 0.0357. The number of carbonyl (C=O) groups is 1. The maximum atomic E-state index is 12.1. The molecule has 0 aromatic carbocycles. The predicted octanol–water partition coefficient (Wildman–Crippen LogP) is 2.07.